The summed E-state index contributed by atoms with van der Waals surface area (Å²) in [6.45, 7) is 0.268. The normalized spacial score (nSPS) is 12.7. The van der Waals surface area contributed by atoms with E-state index >= 15 is 0 Å². The molecule has 0 aliphatic carbocycles. The molecule has 138 valence electrons. The summed E-state index contributed by atoms with van der Waals surface area (Å²) in [6, 6.07) is 7.48. The summed E-state index contributed by atoms with van der Waals surface area (Å²) in [4.78, 5) is 9.79. The number of nitrogens with one attached hydrogen (secondary N) is 1. The minimum atomic E-state index is -4.72. The van der Waals surface area contributed by atoms with Crippen LogP contribution in [0.3, 0.4) is 0 Å². The second-order valence-electron chi connectivity index (χ2n) is 5.28. The second-order valence-corrected chi connectivity index (χ2v) is 5.28. The molecule has 2 aromatic rings. The van der Waals surface area contributed by atoms with Gasteiger partial charge in [-0.05, 0) is 18.2 Å². The van der Waals surface area contributed by atoms with Gasteiger partial charge in [0.15, 0.2) is 11.5 Å². The fourth-order valence-corrected chi connectivity index (χ4v) is 2.36. The lowest BCUT2D eigenvalue weighted by Crippen LogP contribution is -2.16. The molecule has 3 rings (SSSR count). The van der Waals surface area contributed by atoms with Crippen LogP contribution in [0.2, 0.25) is 0 Å². The Morgan fingerprint density at radius 2 is 1.92 bits per heavy atom. The monoisotopic (exact) mass is 370 g/mol. The SMILES string of the molecule is O=[N+]([O-])c1ccc(NCCOc2ccc3c(c2)OCO3)c(C(F)(F)F)c1. The molecule has 1 heterocycles. The molecule has 2 aromatic carbocycles. The molecule has 0 saturated carbocycles. The molecule has 0 bridgehead atoms. The van der Waals surface area contributed by atoms with Crippen molar-refractivity contribution >= 4 is 11.4 Å². The van der Waals surface area contributed by atoms with Gasteiger partial charge in [0.1, 0.15) is 12.4 Å². The van der Waals surface area contributed by atoms with Crippen LogP contribution in [0.25, 0.3) is 0 Å². The molecular weight excluding hydrogens is 357 g/mol. The van der Waals surface area contributed by atoms with E-state index in [9.17, 15) is 23.3 Å². The van der Waals surface area contributed by atoms with E-state index in [0.29, 0.717) is 23.3 Å². The number of benzene rings is 2. The first-order valence-electron chi connectivity index (χ1n) is 7.46. The molecule has 0 spiro atoms. The minimum Gasteiger partial charge on any atom is -0.492 e. The van der Waals surface area contributed by atoms with Gasteiger partial charge in [0.05, 0.1) is 10.5 Å². The molecule has 26 heavy (non-hydrogen) atoms. The fraction of sp³-hybridized carbons (Fsp3) is 0.250. The van der Waals surface area contributed by atoms with Crippen molar-refractivity contribution < 1.29 is 32.3 Å². The molecule has 0 aromatic heterocycles. The van der Waals surface area contributed by atoms with Crippen molar-refractivity contribution in [2.75, 3.05) is 25.3 Å². The van der Waals surface area contributed by atoms with Crippen LogP contribution in [-0.2, 0) is 6.18 Å². The van der Waals surface area contributed by atoms with E-state index in [0.717, 1.165) is 12.1 Å². The number of anilines is 1. The average Bonchev–Trinajstić information content (AvgIpc) is 3.05. The first-order chi connectivity index (χ1) is 12.3. The highest BCUT2D eigenvalue weighted by Crippen LogP contribution is 2.37. The quantitative estimate of drug-likeness (QED) is 0.473. The van der Waals surface area contributed by atoms with Crippen molar-refractivity contribution in [1.82, 2.24) is 0 Å². The number of fused-ring (bicyclic) bond motifs is 1. The van der Waals surface area contributed by atoms with Crippen LogP contribution in [0, 0.1) is 10.1 Å². The summed E-state index contributed by atoms with van der Waals surface area (Å²) in [5, 5.41) is 13.3. The summed E-state index contributed by atoms with van der Waals surface area (Å²) in [5.74, 6) is 1.61. The van der Waals surface area contributed by atoms with E-state index in [2.05, 4.69) is 5.32 Å². The summed E-state index contributed by atoms with van der Waals surface area (Å²) < 4.78 is 55.0. The zero-order valence-corrected chi connectivity index (χ0v) is 13.2. The van der Waals surface area contributed by atoms with Crippen LogP contribution in [0.5, 0.6) is 17.2 Å². The van der Waals surface area contributed by atoms with Crippen molar-refractivity contribution in [3.63, 3.8) is 0 Å². The summed E-state index contributed by atoms with van der Waals surface area (Å²) in [7, 11) is 0. The molecule has 7 nitrogen and oxygen atoms in total. The van der Waals surface area contributed by atoms with Gasteiger partial charge in [-0.15, -0.1) is 0 Å². The molecule has 0 amide bonds. The van der Waals surface area contributed by atoms with E-state index < -0.39 is 22.4 Å². The number of ether oxygens (including phenoxy) is 3. The molecule has 0 saturated heterocycles. The van der Waals surface area contributed by atoms with Crippen molar-refractivity contribution in [3.05, 3.63) is 52.1 Å². The number of hydrogen-bond donors (Lipinski definition) is 1. The van der Waals surface area contributed by atoms with Gasteiger partial charge in [-0.1, -0.05) is 0 Å². The molecule has 1 aliphatic heterocycles. The highest BCUT2D eigenvalue weighted by Gasteiger charge is 2.35. The predicted octanol–water partition coefficient (Wildman–Crippen LogP) is 3.83. The third-order valence-electron chi connectivity index (χ3n) is 3.55. The van der Waals surface area contributed by atoms with E-state index in [1.165, 1.54) is 0 Å². The minimum absolute atomic E-state index is 0.0648. The Bertz CT molecular complexity index is 826. The lowest BCUT2D eigenvalue weighted by atomic mass is 10.1. The van der Waals surface area contributed by atoms with Gasteiger partial charge in [-0.3, -0.25) is 10.1 Å². The number of alkyl halides is 3. The van der Waals surface area contributed by atoms with E-state index in [-0.39, 0.29) is 25.6 Å². The Labute approximate surface area is 145 Å². The standard InChI is InChI=1S/C16H13F3N2O5/c17-16(18,19)12-7-10(21(22)23)1-3-13(12)20-5-6-24-11-2-4-14-15(8-11)26-9-25-14/h1-4,7-8,20H,5-6,9H2. The molecule has 0 fully saturated rings. The average molecular weight is 370 g/mol. The number of rotatable bonds is 6. The number of nitrogens with zero attached hydrogens (tertiary/aromatic N) is 1. The molecule has 10 heteroatoms. The van der Waals surface area contributed by atoms with Crippen molar-refractivity contribution in [2.24, 2.45) is 0 Å². The third-order valence-corrected chi connectivity index (χ3v) is 3.55. The van der Waals surface area contributed by atoms with Crippen LogP contribution in [0.15, 0.2) is 36.4 Å². The van der Waals surface area contributed by atoms with Gasteiger partial charge in [0.2, 0.25) is 6.79 Å². The number of non-ortho nitro benzene ring substituents is 1. The third kappa shape index (κ3) is 3.90. The Balaban J connectivity index is 1.61. The number of halogens is 3. The highest BCUT2D eigenvalue weighted by molar-refractivity contribution is 5.57. The van der Waals surface area contributed by atoms with Gasteiger partial charge >= 0.3 is 6.18 Å². The first kappa shape index (κ1) is 17.6. The van der Waals surface area contributed by atoms with E-state index in [1.807, 2.05) is 0 Å². The molecule has 1 aliphatic rings. The number of nitro groups is 1. The maximum atomic E-state index is 13.1. The largest absolute Gasteiger partial charge is 0.492 e. The molecular formula is C16H13F3N2O5. The van der Waals surface area contributed by atoms with E-state index in [4.69, 9.17) is 14.2 Å². The van der Waals surface area contributed by atoms with Gasteiger partial charge in [-0.25, -0.2) is 0 Å². The lowest BCUT2D eigenvalue weighted by Gasteiger charge is -2.14. The Kier molecular flexibility index (Phi) is 4.74. The van der Waals surface area contributed by atoms with Gasteiger partial charge < -0.3 is 19.5 Å². The number of nitro benzene ring substituents is 1. The predicted molar refractivity (Wildman–Crippen MR) is 84.6 cm³/mol. The zero-order valence-electron chi connectivity index (χ0n) is 13.2. The molecule has 0 unspecified atom stereocenters. The Hall–Kier alpha value is -3.17. The van der Waals surface area contributed by atoms with Crippen LogP contribution in [0.4, 0.5) is 24.5 Å². The van der Waals surface area contributed by atoms with Gasteiger partial charge in [0.25, 0.3) is 5.69 Å². The molecule has 0 radical (unpaired) electrons. The van der Waals surface area contributed by atoms with Crippen molar-refractivity contribution in [2.45, 2.75) is 6.18 Å². The lowest BCUT2D eigenvalue weighted by molar-refractivity contribution is -0.385. The molecule has 1 N–H and O–H groups in total. The van der Waals surface area contributed by atoms with Crippen molar-refractivity contribution in [3.8, 4) is 17.2 Å². The Morgan fingerprint density at radius 3 is 2.65 bits per heavy atom. The number of hydrogen-bond acceptors (Lipinski definition) is 6. The van der Waals surface area contributed by atoms with Gasteiger partial charge in [0, 0.05) is 30.4 Å². The first-order valence-corrected chi connectivity index (χ1v) is 7.46. The molecule has 0 atom stereocenters. The van der Waals surface area contributed by atoms with Gasteiger partial charge in [-0.2, -0.15) is 13.2 Å². The zero-order chi connectivity index (χ0) is 18.7. The van der Waals surface area contributed by atoms with Crippen LogP contribution in [-0.4, -0.2) is 24.9 Å². The highest BCUT2D eigenvalue weighted by atomic mass is 19.4. The van der Waals surface area contributed by atoms with Crippen LogP contribution in [0.1, 0.15) is 5.56 Å². The van der Waals surface area contributed by atoms with E-state index in [1.54, 1.807) is 18.2 Å². The summed E-state index contributed by atoms with van der Waals surface area (Å²) in [6.07, 6.45) is -4.72. The van der Waals surface area contributed by atoms with Crippen LogP contribution < -0.4 is 19.5 Å². The fourth-order valence-electron chi connectivity index (χ4n) is 2.36. The Morgan fingerprint density at radius 1 is 1.15 bits per heavy atom. The smallest absolute Gasteiger partial charge is 0.418 e. The van der Waals surface area contributed by atoms with Crippen molar-refractivity contribution in [1.29, 1.82) is 0 Å². The maximum absolute atomic E-state index is 13.1. The van der Waals surface area contributed by atoms with Crippen LogP contribution >= 0.6 is 0 Å². The second kappa shape index (κ2) is 6.98. The summed E-state index contributed by atoms with van der Waals surface area (Å²) in [5.41, 5.74) is -1.98. The summed E-state index contributed by atoms with van der Waals surface area (Å²) >= 11 is 0. The maximum Gasteiger partial charge on any atom is 0.418 e. The topological polar surface area (TPSA) is 82.9 Å².